The van der Waals surface area contributed by atoms with Gasteiger partial charge in [-0.3, -0.25) is 4.79 Å². The van der Waals surface area contributed by atoms with E-state index in [0.29, 0.717) is 12.1 Å². The van der Waals surface area contributed by atoms with E-state index in [0.717, 1.165) is 31.6 Å². The molecule has 0 saturated carbocycles. The number of carbonyl (C=O) groups is 1. The van der Waals surface area contributed by atoms with Crippen molar-refractivity contribution in [1.82, 2.24) is 4.90 Å². The molecule has 0 unspecified atom stereocenters. The van der Waals surface area contributed by atoms with E-state index in [1.54, 1.807) is 12.1 Å². The number of amides is 1. The maximum absolute atomic E-state index is 12.0. The summed E-state index contributed by atoms with van der Waals surface area (Å²) in [5.41, 5.74) is 1.48. The molecule has 0 fully saturated rings. The fourth-order valence-electron chi connectivity index (χ4n) is 1.85. The van der Waals surface area contributed by atoms with E-state index in [1.165, 1.54) is 0 Å². The first-order valence-electron chi connectivity index (χ1n) is 6.73. The second-order valence-electron chi connectivity index (χ2n) is 4.42. The summed E-state index contributed by atoms with van der Waals surface area (Å²) in [6, 6.07) is 9.18. The average molecular weight is 259 g/mol. The number of rotatable bonds is 7. The zero-order chi connectivity index (χ0) is 14.1. The quantitative estimate of drug-likeness (QED) is 0.819. The maximum atomic E-state index is 12.0. The van der Waals surface area contributed by atoms with Gasteiger partial charge < -0.3 is 10.2 Å². The summed E-state index contributed by atoms with van der Waals surface area (Å²) in [6.45, 7) is 6.06. The normalized spacial score (nSPS) is 9.74. The molecule has 0 aliphatic heterocycles. The molecule has 1 rings (SSSR count). The van der Waals surface area contributed by atoms with Gasteiger partial charge >= 0.3 is 0 Å². The Kier molecular flexibility index (Phi) is 6.45. The number of carbonyl (C=O) groups excluding carboxylic acids is 1. The van der Waals surface area contributed by atoms with Crippen molar-refractivity contribution < 1.29 is 4.79 Å². The molecule has 0 atom stereocenters. The van der Waals surface area contributed by atoms with E-state index >= 15 is 0 Å². The van der Waals surface area contributed by atoms with Gasteiger partial charge in [-0.2, -0.15) is 5.26 Å². The van der Waals surface area contributed by atoms with Gasteiger partial charge in [0.05, 0.1) is 18.2 Å². The van der Waals surface area contributed by atoms with E-state index < -0.39 is 0 Å². The molecule has 0 aliphatic rings. The lowest BCUT2D eigenvalue weighted by Crippen LogP contribution is -2.36. The molecule has 1 aromatic rings. The monoisotopic (exact) mass is 259 g/mol. The number of anilines is 1. The molecule has 102 valence electrons. The third-order valence-electron chi connectivity index (χ3n) is 2.80. The summed E-state index contributed by atoms with van der Waals surface area (Å²) in [5.74, 6) is 0.119. The fraction of sp³-hybridized carbons (Fsp3) is 0.467. The Hall–Kier alpha value is -2.02. The highest BCUT2D eigenvalue weighted by Gasteiger charge is 2.10. The molecule has 0 radical (unpaired) electrons. The second-order valence-corrected chi connectivity index (χ2v) is 4.42. The van der Waals surface area contributed by atoms with Crippen molar-refractivity contribution in [3.63, 3.8) is 0 Å². The summed E-state index contributed by atoms with van der Waals surface area (Å²) < 4.78 is 0. The number of hydrogen-bond donors (Lipinski definition) is 1. The zero-order valence-electron chi connectivity index (χ0n) is 11.6. The molecule has 19 heavy (non-hydrogen) atoms. The van der Waals surface area contributed by atoms with Gasteiger partial charge in [0.2, 0.25) is 5.91 Å². The first-order chi connectivity index (χ1) is 9.21. The van der Waals surface area contributed by atoms with Gasteiger partial charge in [0.1, 0.15) is 0 Å². The highest BCUT2D eigenvalue weighted by molar-refractivity contribution is 5.80. The van der Waals surface area contributed by atoms with Crippen LogP contribution in [0.4, 0.5) is 5.69 Å². The van der Waals surface area contributed by atoms with E-state index in [2.05, 4.69) is 25.2 Å². The zero-order valence-corrected chi connectivity index (χ0v) is 11.6. The Labute approximate surface area is 115 Å². The third kappa shape index (κ3) is 5.01. The highest BCUT2D eigenvalue weighted by Crippen LogP contribution is 2.08. The molecule has 0 bridgehead atoms. The fourth-order valence-corrected chi connectivity index (χ4v) is 1.85. The Balaban J connectivity index is 2.49. The lowest BCUT2D eigenvalue weighted by atomic mass is 10.2. The van der Waals surface area contributed by atoms with E-state index in [9.17, 15) is 4.79 Å². The predicted molar refractivity (Wildman–Crippen MR) is 76.8 cm³/mol. The van der Waals surface area contributed by atoms with Crippen LogP contribution in [0.15, 0.2) is 24.3 Å². The van der Waals surface area contributed by atoms with Crippen LogP contribution >= 0.6 is 0 Å². The van der Waals surface area contributed by atoms with Gasteiger partial charge in [0, 0.05) is 18.8 Å². The van der Waals surface area contributed by atoms with Crippen LogP contribution in [-0.2, 0) is 4.79 Å². The predicted octanol–water partition coefficient (Wildman–Crippen LogP) is 2.62. The van der Waals surface area contributed by atoms with Crippen molar-refractivity contribution in [2.45, 2.75) is 26.7 Å². The highest BCUT2D eigenvalue weighted by atomic mass is 16.2. The number of nitrogens with one attached hydrogen (secondary N) is 1. The van der Waals surface area contributed by atoms with Crippen molar-refractivity contribution in [1.29, 1.82) is 5.26 Å². The Morgan fingerprint density at radius 1 is 1.21 bits per heavy atom. The topological polar surface area (TPSA) is 56.1 Å². The largest absolute Gasteiger partial charge is 0.376 e. The minimum Gasteiger partial charge on any atom is -0.376 e. The van der Waals surface area contributed by atoms with Crippen LogP contribution in [0.3, 0.4) is 0 Å². The molecule has 4 heteroatoms. The van der Waals surface area contributed by atoms with Crippen molar-refractivity contribution in [3.8, 4) is 6.07 Å². The third-order valence-corrected chi connectivity index (χ3v) is 2.80. The van der Waals surface area contributed by atoms with Crippen LogP contribution in [0.1, 0.15) is 32.3 Å². The Morgan fingerprint density at radius 3 is 2.26 bits per heavy atom. The van der Waals surface area contributed by atoms with Crippen molar-refractivity contribution in [2.24, 2.45) is 0 Å². The second kappa shape index (κ2) is 8.15. The van der Waals surface area contributed by atoms with E-state index in [1.807, 2.05) is 17.0 Å². The van der Waals surface area contributed by atoms with Crippen LogP contribution in [0.25, 0.3) is 0 Å². The van der Waals surface area contributed by atoms with Crippen molar-refractivity contribution in [3.05, 3.63) is 29.8 Å². The molecule has 1 N–H and O–H groups in total. The molecule has 1 amide bonds. The van der Waals surface area contributed by atoms with E-state index in [-0.39, 0.29) is 5.91 Å². The number of nitrogens with zero attached hydrogens (tertiary/aromatic N) is 2. The molecular formula is C15H21N3O. The van der Waals surface area contributed by atoms with E-state index in [4.69, 9.17) is 5.26 Å². The molecule has 0 heterocycles. The standard InChI is InChI=1S/C15H21N3O/c1-3-9-18(10-4-2)15(19)12-17-14-7-5-13(11-16)6-8-14/h5-8,17H,3-4,9-10,12H2,1-2H3. The molecule has 0 saturated heterocycles. The van der Waals surface area contributed by atoms with Gasteiger partial charge in [-0.05, 0) is 37.1 Å². The Morgan fingerprint density at radius 2 is 1.79 bits per heavy atom. The summed E-state index contributed by atoms with van der Waals surface area (Å²) in [4.78, 5) is 13.9. The van der Waals surface area contributed by atoms with Crippen LogP contribution in [0.5, 0.6) is 0 Å². The number of benzene rings is 1. The van der Waals surface area contributed by atoms with Crippen molar-refractivity contribution in [2.75, 3.05) is 25.0 Å². The van der Waals surface area contributed by atoms with Crippen LogP contribution in [0, 0.1) is 11.3 Å². The summed E-state index contributed by atoms with van der Waals surface area (Å²) in [6.07, 6.45) is 1.95. The molecule has 0 aromatic heterocycles. The lowest BCUT2D eigenvalue weighted by Gasteiger charge is -2.21. The van der Waals surface area contributed by atoms with Gasteiger partial charge in [0.15, 0.2) is 0 Å². The molecule has 4 nitrogen and oxygen atoms in total. The van der Waals surface area contributed by atoms with Gasteiger partial charge in [-0.1, -0.05) is 13.8 Å². The van der Waals surface area contributed by atoms with Gasteiger partial charge in [-0.25, -0.2) is 0 Å². The molecule has 0 aliphatic carbocycles. The van der Waals surface area contributed by atoms with Gasteiger partial charge in [-0.15, -0.1) is 0 Å². The number of nitriles is 1. The van der Waals surface area contributed by atoms with Crippen LogP contribution in [0.2, 0.25) is 0 Å². The first kappa shape index (κ1) is 15.0. The first-order valence-corrected chi connectivity index (χ1v) is 6.73. The average Bonchev–Trinajstić information content (AvgIpc) is 2.45. The minimum atomic E-state index is 0.119. The summed E-state index contributed by atoms with van der Waals surface area (Å²) in [5, 5.41) is 11.8. The molecule has 0 spiro atoms. The van der Waals surface area contributed by atoms with Crippen LogP contribution in [-0.4, -0.2) is 30.4 Å². The molecular weight excluding hydrogens is 238 g/mol. The lowest BCUT2D eigenvalue weighted by molar-refractivity contribution is -0.129. The van der Waals surface area contributed by atoms with Crippen LogP contribution < -0.4 is 5.32 Å². The van der Waals surface area contributed by atoms with Crippen molar-refractivity contribution >= 4 is 11.6 Å². The SMILES string of the molecule is CCCN(CCC)C(=O)CNc1ccc(C#N)cc1. The van der Waals surface area contributed by atoms with Gasteiger partial charge in [0.25, 0.3) is 0 Å². The smallest absolute Gasteiger partial charge is 0.241 e. The Bertz CT molecular complexity index is 428. The maximum Gasteiger partial charge on any atom is 0.241 e. The summed E-state index contributed by atoms with van der Waals surface area (Å²) in [7, 11) is 0. The number of hydrogen-bond acceptors (Lipinski definition) is 3. The molecule has 1 aromatic carbocycles. The summed E-state index contributed by atoms with van der Waals surface area (Å²) >= 11 is 0. The minimum absolute atomic E-state index is 0.119.